The maximum absolute atomic E-state index is 5.39. The third-order valence-corrected chi connectivity index (χ3v) is 9.92. The van der Waals surface area contributed by atoms with Crippen LogP contribution < -0.4 is 0 Å². The Morgan fingerprint density at radius 1 is 1.07 bits per heavy atom. The van der Waals surface area contributed by atoms with Crippen molar-refractivity contribution in [1.29, 1.82) is 0 Å². The Bertz CT molecular complexity index is 718. The maximum atomic E-state index is 5.39. The molecule has 30 heavy (non-hydrogen) atoms. The van der Waals surface area contributed by atoms with Gasteiger partial charge < -0.3 is 4.84 Å². The van der Waals surface area contributed by atoms with Crippen molar-refractivity contribution < 1.29 is 4.84 Å². The fraction of sp³-hybridized carbons (Fsp3) is 0.821. The second-order valence-corrected chi connectivity index (χ2v) is 11.9. The number of nitrogens with zero attached hydrogens (tertiary/aromatic N) is 1. The average molecular weight is 412 g/mol. The fourth-order valence-electron chi connectivity index (χ4n) is 8.28. The van der Waals surface area contributed by atoms with Crippen LogP contribution in [0.15, 0.2) is 29.0 Å². The fourth-order valence-corrected chi connectivity index (χ4v) is 8.28. The van der Waals surface area contributed by atoms with E-state index in [-0.39, 0.29) is 0 Å². The van der Waals surface area contributed by atoms with Crippen LogP contribution in [0.25, 0.3) is 0 Å². The van der Waals surface area contributed by atoms with Gasteiger partial charge in [0.15, 0.2) is 0 Å². The molecule has 0 spiro atoms. The Balaban J connectivity index is 1.61. The molecule has 2 heteroatoms. The number of hydrogen-bond acceptors (Lipinski definition) is 2. The van der Waals surface area contributed by atoms with Crippen molar-refractivity contribution in [3.05, 3.63) is 23.8 Å². The zero-order valence-electron chi connectivity index (χ0n) is 20.4. The van der Waals surface area contributed by atoms with Gasteiger partial charge in [-0.1, -0.05) is 71.2 Å². The van der Waals surface area contributed by atoms with Crippen LogP contribution in [-0.2, 0) is 4.84 Å². The highest BCUT2D eigenvalue weighted by atomic mass is 16.6. The lowest BCUT2D eigenvalue weighted by Crippen LogP contribution is -2.52. The predicted molar refractivity (Wildman–Crippen MR) is 127 cm³/mol. The number of hydrogen-bond donors (Lipinski definition) is 0. The number of fused-ring (bicyclic) bond motifs is 5. The third-order valence-electron chi connectivity index (χ3n) is 9.92. The number of rotatable bonds is 6. The van der Waals surface area contributed by atoms with E-state index >= 15 is 0 Å². The highest BCUT2D eigenvalue weighted by Crippen LogP contribution is 2.66. The van der Waals surface area contributed by atoms with Crippen molar-refractivity contribution in [3.8, 4) is 0 Å². The molecule has 2 saturated carbocycles. The Morgan fingerprint density at radius 3 is 2.60 bits per heavy atom. The van der Waals surface area contributed by atoms with Gasteiger partial charge in [-0.05, 0) is 90.6 Å². The summed E-state index contributed by atoms with van der Waals surface area (Å²) in [6.07, 6.45) is 19.4. The van der Waals surface area contributed by atoms with Crippen LogP contribution in [-0.4, -0.2) is 12.8 Å². The molecule has 4 rings (SSSR count). The molecule has 0 aromatic heterocycles. The molecule has 0 saturated heterocycles. The Hall–Kier alpha value is -1.05. The lowest BCUT2D eigenvalue weighted by molar-refractivity contribution is -0.0178. The maximum Gasteiger partial charge on any atom is 0.106 e. The van der Waals surface area contributed by atoms with E-state index in [0.29, 0.717) is 16.7 Å². The molecule has 168 valence electrons. The van der Waals surface area contributed by atoms with Crippen LogP contribution in [0.5, 0.6) is 0 Å². The van der Waals surface area contributed by atoms with Gasteiger partial charge in [-0.25, -0.2) is 0 Å². The largest absolute Gasteiger partial charge is 0.399 e. The lowest BCUT2D eigenvalue weighted by Gasteiger charge is -2.57. The van der Waals surface area contributed by atoms with Gasteiger partial charge in [0.05, 0.1) is 5.71 Å². The second kappa shape index (κ2) is 8.47. The molecule has 4 aliphatic carbocycles. The summed E-state index contributed by atoms with van der Waals surface area (Å²) in [6.45, 7) is 12.5. The number of allylic oxidation sites excluding steroid dienone is 4. The Morgan fingerprint density at radius 2 is 1.87 bits per heavy atom. The molecule has 2 fully saturated rings. The van der Waals surface area contributed by atoms with E-state index in [9.17, 15) is 0 Å². The van der Waals surface area contributed by atoms with Crippen LogP contribution in [0.4, 0.5) is 0 Å². The van der Waals surface area contributed by atoms with E-state index in [1.165, 1.54) is 69.1 Å². The minimum atomic E-state index is 0.328. The topological polar surface area (TPSA) is 21.6 Å². The molecule has 2 nitrogen and oxygen atoms in total. The van der Waals surface area contributed by atoms with Gasteiger partial charge in [0, 0.05) is 5.92 Å². The van der Waals surface area contributed by atoms with E-state index in [1.807, 2.05) is 0 Å². The lowest BCUT2D eigenvalue weighted by atomic mass is 9.47. The van der Waals surface area contributed by atoms with Crippen molar-refractivity contribution in [2.75, 3.05) is 7.11 Å². The molecule has 0 radical (unpaired) electrons. The first-order chi connectivity index (χ1) is 14.3. The third kappa shape index (κ3) is 3.61. The molecule has 0 amide bonds. The molecule has 0 N–H and O–H groups in total. The quantitative estimate of drug-likeness (QED) is 0.408. The van der Waals surface area contributed by atoms with Crippen molar-refractivity contribution >= 4 is 5.71 Å². The van der Waals surface area contributed by atoms with Gasteiger partial charge in [-0.2, -0.15) is 0 Å². The zero-order chi connectivity index (χ0) is 21.5. The molecule has 0 bridgehead atoms. The molecule has 0 aliphatic heterocycles. The van der Waals surface area contributed by atoms with Crippen molar-refractivity contribution in [1.82, 2.24) is 0 Å². The summed E-state index contributed by atoms with van der Waals surface area (Å²) >= 11 is 0. The van der Waals surface area contributed by atoms with Crippen LogP contribution in [0.3, 0.4) is 0 Å². The van der Waals surface area contributed by atoms with Gasteiger partial charge in [-0.15, -0.1) is 0 Å². The first-order valence-electron chi connectivity index (χ1n) is 12.8. The van der Waals surface area contributed by atoms with Crippen LogP contribution >= 0.6 is 0 Å². The zero-order valence-corrected chi connectivity index (χ0v) is 20.4. The summed E-state index contributed by atoms with van der Waals surface area (Å²) in [7, 11) is 1.72. The molecular weight excluding hydrogens is 366 g/mol. The first-order valence-corrected chi connectivity index (χ1v) is 12.8. The van der Waals surface area contributed by atoms with Gasteiger partial charge in [-0.3, -0.25) is 0 Å². The second-order valence-electron chi connectivity index (χ2n) is 11.9. The van der Waals surface area contributed by atoms with Gasteiger partial charge in [0.1, 0.15) is 7.11 Å². The van der Waals surface area contributed by atoms with Gasteiger partial charge >= 0.3 is 0 Å². The van der Waals surface area contributed by atoms with Gasteiger partial charge in [0.2, 0.25) is 0 Å². The minimum Gasteiger partial charge on any atom is -0.399 e. The number of oxime groups is 1. The normalized spacial score (nSPS) is 42.5. The molecule has 0 aromatic rings. The molecular formula is C28H45NO. The molecule has 7 atom stereocenters. The predicted octanol–water partition coefficient (Wildman–Crippen LogP) is 7.81. The van der Waals surface area contributed by atoms with E-state index in [0.717, 1.165) is 29.6 Å². The summed E-state index contributed by atoms with van der Waals surface area (Å²) < 4.78 is 0. The van der Waals surface area contributed by atoms with E-state index < -0.39 is 0 Å². The first kappa shape index (κ1) is 22.2. The SMILES string of the molecule is CO/N=C1/C=C2C=CCC[C@]2(C)C2CC[C@@]3(C)C(CC[C@@H]3C(C)CCCC(C)C)C12. The van der Waals surface area contributed by atoms with E-state index in [2.05, 4.69) is 58.0 Å². The molecule has 4 unspecified atom stereocenters. The summed E-state index contributed by atoms with van der Waals surface area (Å²) in [5.74, 6) is 4.63. The summed E-state index contributed by atoms with van der Waals surface area (Å²) in [5.41, 5.74) is 3.55. The smallest absolute Gasteiger partial charge is 0.106 e. The van der Waals surface area contributed by atoms with Crippen molar-refractivity contribution in [3.63, 3.8) is 0 Å². The van der Waals surface area contributed by atoms with Gasteiger partial charge in [0.25, 0.3) is 0 Å². The van der Waals surface area contributed by atoms with Crippen LogP contribution in [0.2, 0.25) is 0 Å². The monoisotopic (exact) mass is 411 g/mol. The van der Waals surface area contributed by atoms with Crippen LogP contribution in [0, 0.1) is 46.3 Å². The molecule has 0 heterocycles. The van der Waals surface area contributed by atoms with E-state index in [4.69, 9.17) is 4.84 Å². The summed E-state index contributed by atoms with van der Waals surface area (Å²) in [6, 6.07) is 0. The average Bonchev–Trinajstić information content (AvgIpc) is 3.05. The summed E-state index contributed by atoms with van der Waals surface area (Å²) in [4.78, 5) is 5.39. The highest BCUT2D eigenvalue weighted by Gasteiger charge is 2.60. The summed E-state index contributed by atoms with van der Waals surface area (Å²) in [5, 5.41) is 4.63. The van der Waals surface area contributed by atoms with Crippen molar-refractivity contribution in [2.45, 2.75) is 92.4 Å². The van der Waals surface area contributed by atoms with Crippen molar-refractivity contribution in [2.24, 2.45) is 51.5 Å². The van der Waals surface area contributed by atoms with E-state index in [1.54, 1.807) is 7.11 Å². The molecule has 4 aliphatic rings. The Kier molecular flexibility index (Phi) is 6.26. The minimum absolute atomic E-state index is 0.328. The van der Waals surface area contributed by atoms with Crippen LogP contribution in [0.1, 0.15) is 92.4 Å². The standard InChI is InChI=1S/C28H45NO/c1-19(2)10-9-11-20(3)22-13-14-23-26-24(15-17-28(22,23)5)27(4)16-8-7-12-21(27)18-25(26)29-30-6/h7,12,18-20,22-24,26H,8-11,13-17H2,1-6H3/b29-25-/t20?,22-,23?,24?,26?,27+,28-/m1/s1. The highest BCUT2D eigenvalue weighted by molar-refractivity contribution is 5.99. The Labute approximate surface area is 185 Å². The molecule has 0 aromatic carbocycles.